The molecule has 0 atom stereocenters. The molecule has 1 aromatic carbocycles. The average molecular weight is 406 g/mol. The second-order valence-electron chi connectivity index (χ2n) is 7.29. The molecule has 3 aliphatic heterocycles. The van der Waals surface area contributed by atoms with Crippen molar-refractivity contribution in [2.24, 2.45) is 0 Å². The zero-order chi connectivity index (χ0) is 20.1. The van der Waals surface area contributed by atoms with E-state index >= 15 is 0 Å². The fraction of sp³-hybridized carbons (Fsp3) is 0.500. The van der Waals surface area contributed by atoms with Crippen molar-refractivity contribution < 1.29 is 22.8 Å². The molecule has 28 heavy (non-hydrogen) atoms. The molecule has 0 bridgehead atoms. The second-order valence-corrected chi connectivity index (χ2v) is 9.23. The van der Waals surface area contributed by atoms with Crippen LogP contribution in [0.5, 0.6) is 0 Å². The van der Waals surface area contributed by atoms with Crippen molar-refractivity contribution in [3.05, 3.63) is 23.8 Å². The van der Waals surface area contributed by atoms with E-state index in [1.54, 1.807) is 18.2 Å². The largest absolute Gasteiger partial charge is 0.353 e. The van der Waals surface area contributed by atoms with Crippen molar-refractivity contribution in [1.82, 2.24) is 14.1 Å². The Morgan fingerprint density at radius 3 is 2.32 bits per heavy atom. The summed E-state index contributed by atoms with van der Waals surface area (Å²) in [7, 11) is -2.22. The van der Waals surface area contributed by atoms with Crippen LogP contribution in [0.1, 0.15) is 24.8 Å². The summed E-state index contributed by atoms with van der Waals surface area (Å²) in [6.45, 7) is 1.68. The first-order valence-electron chi connectivity index (χ1n) is 9.32. The minimum Gasteiger partial charge on any atom is -0.353 e. The number of rotatable bonds is 4. The van der Waals surface area contributed by atoms with Crippen LogP contribution in [-0.2, 0) is 26.0 Å². The summed E-state index contributed by atoms with van der Waals surface area (Å²) < 4.78 is 27.1. The summed E-state index contributed by atoms with van der Waals surface area (Å²) in [5, 5.41) is 0. The van der Waals surface area contributed by atoms with Crippen LogP contribution in [0.25, 0.3) is 0 Å². The maximum atomic E-state index is 12.8. The van der Waals surface area contributed by atoms with Gasteiger partial charge in [-0.2, -0.15) is 4.31 Å². The minimum atomic E-state index is -3.50. The molecular weight excluding hydrogens is 384 g/mol. The number of amides is 4. The van der Waals surface area contributed by atoms with Crippen LogP contribution < -0.4 is 4.90 Å². The number of imide groups is 2. The number of likely N-dealkylation sites (N-methyl/N-ethyl adjacent to an activating group) is 1. The van der Waals surface area contributed by atoms with E-state index in [2.05, 4.69) is 0 Å². The molecule has 2 fully saturated rings. The third kappa shape index (κ3) is 2.96. The molecule has 0 aromatic heterocycles. The highest BCUT2D eigenvalue weighted by molar-refractivity contribution is 7.89. The van der Waals surface area contributed by atoms with Crippen molar-refractivity contribution >= 4 is 33.6 Å². The summed E-state index contributed by atoms with van der Waals surface area (Å²) in [4.78, 5) is 39.8. The predicted octanol–water partition coefficient (Wildman–Crippen LogP) is 0.602. The van der Waals surface area contributed by atoms with Gasteiger partial charge in [0, 0.05) is 32.4 Å². The lowest BCUT2D eigenvalue weighted by atomic mass is 10.0. The molecule has 0 radical (unpaired) electrons. The van der Waals surface area contributed by atoms with Gasteiger partial charge in [0.05, 0.1) is 4.90 Å². The van der Waals surface area contributed by atoms with Crippen LogP contribution in [0.4, 0.5) is 10.5 Å². The highest BCUT2D eigenvalue weighted by Crippen LogP contribution is 2.31. The molecule has 0 spiro atoms. The monoisotopic (exact) mass is 406 g/mol. The number of carbonyl (C=O) groups is 3. The standard InChI is InChI=1S/C18H22N4O5S/c1-19-16(23)17(24)22(18(19)25)12-20-8-4-5-13-11-14(6-7-15(13)20)28(26,27)21-9-2-3-10-21/h6-7,11H,2-5,8-10,12H2,1H3. The Balaban J connectivity index is 1.60. The minimum absolute atomic E-state index is 0.0288. The maximum Gasteiger partial charge on any atom is 0.335 e. The molecule has 1 aromatic rings. The lowest BCUT2D eigenvalue weighted by molar-refractivity contribution is -0.142. The highest BCUT2D eigenvalue weighted by Gasteiger charge is 2.43. The normalized spacial score (nSPS) is 21.0. The van der Waals surface area contributed by atoms with Crippen molar-refractivity contribution in [1.29, 1.82) is 0 Å². The fourth-order valence-electron chi connectivity index (χ4n) is 3.95. The van der Waals surface area contributed by atoms with E-state index in [-0.39, 0.29) is 11.6 Å². The van der Waals surface area contributed by atoms with E-state index in [4.69, 9.17) is 0 Å². The number of anilines is 1. The summed E-state index contributed by atoms with van der Waals surface area (Å²) >= 11 is 0. The second kappa shape index (κ2) is 6.85. The number of benzene rings is 1. The van der Waals surface area contributed by atoms with E-state index in [9.17, 15) is 22.8 Å². The summed E-state index contributed by atoms with van der Waals surface area (Å²) in [5.74, 6) is -1.68. The van der Waals surface area contributed by atoms with Gasteiger partial charge in [0.15, 0.2) is 0 Å². The van der Waals surface area contributed by atoms with Gasteiger partial charge in [0.1, 0.15) is 6.67 Å². The van der Waals surface area contributed by atoms with Crippen molar-refractivity contribution in [2.75, 3.05) is 38.3 Å². The van der Waals surface area contributed by atoms with Gasteiger partial charge in [-0.25, -0.2) is 18.1 Å². The van der Waals surface area contributed by atoms with Crippen LogP contribution in [0.15, 0.2) is 23.1 Å². The van der Waals surface area contributed by atoms with Crippen LogP contribution in [0, 0.1) is 0 Å². The molecule has 10 heteroatoms. The fourth-order valence-corrected chi connectivity index (χ4v) is 5.51. The smallest absolute Gasteiger partial charge is 0.335 e. The molecule has 3 heterocycles. The third-order valence-corrected chi connectivity index (χ3v) is 7.43. The van der Waals surface area contributed by atoms with E-state index in [1.165, 1.54) is 11.4 Å². The van der Waals surface area contributed by atoms with Crippen LogP contribution in [0.2, 0.25) is 0 Å². The van der Waals surface area contributed by atoms with Crippen molar-refractivity contribution in [3.8, 4) is 0 Å². The Hall–Kier alpha value is -2.46. The van der Waals surface area contributed by atoms with Crippen molar-refractivity contribution in [2.45, 2.75) is 30.6 Å². The van der Waals surface area contributed by atoms with Gasteiger partial charge in [0.2, 0.25) is 10.0 Å². The number of sulfonamides is 1. The quantitative estimate of drug-likeness (QED) is 0.537. The van der Waals surface area contributed by atoms with E-state index in [0.29, 0.717) is 19.6 Å². The zero-order valence-electron chi connectivity index (χ0n) is 15.6. The lowest BCUT2D eigenvalue weighted by Gasteiger charge is -2.33. The van der Waals surface area contributed by atoms with E-state index in [0.717, 1.165) is 46.7 Å². The highest BCUT2D eigenvalue weighted by atomic mass is 32.2. The average Bonchev–Trinajstić information content (AvgIpc) is 3.30. The molecule has 9 nitrogen and oxygen atoms in total. The molecule has 2 saturated heterocycles. The summed E-state index contributed by atoms with van der Waals surface area (Å²) in [6, 6.07) is 4.36. The van der Waals surface area contributed by atoms with E-state index < -0.39 is 27.9 Å². The van der Waals surface area contributed by atoms with Gasteiger partial charge >= 0.3 is 17.8 Å². The number of hydrogen-bond acceptors (Lipinski definition) is 6. The number of nitrogens with zero attached hydrogens (tertiary/aromatic N) is 4. The molecule has 0 unspecified atom stereocenters. The number of urea groups is 1. The Labute approximate surface area is 163 Å². The predicted molar refractivity (Wildman–Crippen MR) is 100.0 cm³/mol. The van der Waals surface area contributed by atoms with Gasteiger partial charge in [-0.15, -0.1) is 0 Å². The van der Waals surface area contributed by atoms with Crippen molar-refractivity contribution in [3.63, 3.8) is 0 Å². The number of hydrogen-bond donors (Lipinski definition) is 0. The Morgan fingerprint density at radius 1 is 0.964 bits per heavy atom. The maximum absolute atomic E-state index is 12.8. The Kier molecular flexibility index (Phi) is 4.62. The topological polar surface area (TPSA) is 98.3 Å². The molecular formula is C18H22N4O5S. The summed E-state index contributed by atoms with van der Waals surface area (Å²) in [5.41, 5.74) is 1.65. The molecule has 0 aliphatic carbocycles. The first kappa shape index (κ1) is 18.9. The Bertz CT molecular complexity index is 955. The molecule has 150 valence electrons. The van der Waals surface area contributed by atoms with Gasteiger partial charge in [-0.1, -0.05) is 0 Å². The van der Waals surface area contributed by atoms with E-state index in [1.807, 2.05) is 4.90 Å². The van der Waals surface area contributed by atoms with Crippen LogP contribution >= 0.6 is 0 Å². The number of carbonyl (C=O) groups excluding carboxylic acids is 3. The first-order valence-corrected chi connectivity index (χ1v) is 10.8. The molecule has 4 amide bonds. The summed E-state index contributed by atoms with van der Waals surface area (Å²) in [6.07, 6.45) is 3.24. The van der Waals surface area contributed by atoms with Crippen LogP contribution in [-0.4, -0.2) is 73.7 Å². The number of aryl methyl sites for hydroxylation is 1. The van der Waals surface area contributed by atoms with Gasteiger partial charge in [-0.05, 0) is 49.4 Å². The number of fused-ring (bicyclic) bond motifs is 1. The molecule has 0 saturated carbocycles. The third-order valence-electron chi connectivity index (χ3n) is 5.53. The van der Waals surface area contributed by atoms with Gasteiger partial charge in [-0.3, -0.25) is 14.5 Å². The lowest BCUT2D eigenvalue weighted by Crippen LogP contribution is -2.44. The first-order chi connectivity index (χ1) is 13.3. The SMILES string of the molecule is CN1C(=O)C(=O)N(CN2CCCc3cc(S(=O)(=O)N4CCCC4)ccc32)C1=O. The Morgan fingerprint density at radius 2 is 1.68 bits per heavy atom. The molecule has 0 N–H and O–H groups in total. The van der Waals surface area contributed by atoms with Gasteiger partial charge < -0.3 is 4.90 Å². The molecule has 4 rings (SSSR count). The van der Waals surface area contributed by atoms with Crippen LogP contribution in [0.3, 0.4) is 0 Å². The van der Waals surface area contributed by atoms with Gasteiger partial charge in [0.25, 0.3) is 0 Å². The zero-order valence-corrected chi connectivity index (χ0v) is 16.4. The molecule has 3 aliphatic rings.